The first kappa shape index (κ1) is 21.0. The van der Waals surface area contributed by atoms with Crippen LogP contribution in [-0.4, -0.2) is 30.9 Å². The smallest absolute Gasteiger partial charge is 0.341 e. The molecule has 3 rings (SSSR count). The van der Waals surface area contributed by atoms with E-state index < -0.39 is 17.7 Å². The molecule has 1 aromatic heterocycles. The molecule has 2 aromatic rings. The van der Waals surface area contributed by atoms with Gasteiger partial charge in [-0.15, -0.1) is 11.3 Å². The summed E-state index contributed by atoms with van der Waals surface area (Å²) >= 11 is 1.29. The number of hydrogen-bond donors (Lipinski definition) is 1. The maximum absolute atomic E-state index is 14.1. The van der Waals surface area contributed by atoms with Crippen molar-refractivity contribution in [2.45, 2.75) is 39.5 Å². The summed E-state index contributed by atoms with van der Waals surface area (Å²) in [5, 5.41) is 3.06. The first-order valence-corrected chi connectivity index (χ1v) is 10.2. The standard InChI is InChI=1S/C21H22FNO5S/c1-4-12-9-13(21(26)27-5-2)20(29-12)23-17(25)10-28-16-7-6-14(22)18-11(3)8-15(24)19(16)18/h6-7,9,11H,4-5,8,10H2,1-3H3,(H,23,25). The number of fused-ring (bicyclic) bond motifs is 1. The van der Waals surface area contributed by atoms with Crippen molar-refractivity contribution >= 4 is 34.0 Å². The van der Waals surface area contributed by atoms with Crippen LogP contribution in [-0.2, 0) is 16.0 Å². The molecule has 1 amide bonds. The fourth-order valence-corrected chi connectivity index (χ4v) is 4.32. The SMILES string of the molecule is CCOC(=O)c1cc(CC)sc1NC(=O)COc1ccc(F)c2c1C(=O)CC2C. The molecule has 1 unspecified atom stereocenters. The summed E-state index contributed by atoms with van der Waals surface area (Å²) < 4.78 is 24.6. The van der Waals surface area contributed by atoms with E-state index in [-0.39, 0.29) is 42.6 Å². The van der Waals surface area contributed by atoms with E-state index in [0.717, 1.165) is 4.88 Å². The minimum Gasteiger partial charge on any atom is -0.483 e. The first-order valence-electron chi connectivity index (χ1n) is 9.43. The van der Waals surface area contributed by atoms with Crippen LogP contribution in [0.4, 0.5) is 9.39 Å². The number of anilines is 1. The first-order chi connectivity index (χ1) is 13.8. The molecule has 1 aliphatic carbocycles. The number of amides is 1. The van der Waals surface area contributed by atoms with Crippen LogP contribution in [0.25, 0.3) is 0 Å². The lowest BCUT2D eigenvalue weighted by Crippen LogP contribution is -2.21. The van der Waals surface area contributed by atoms with E-state index in [2.05, 4.69) is 5.32 Å². The molecule has 1 aromatic carbocycles. The number of rotatable bonds is 7. The molecule has 0 saturated carbocycles. The third-order valence-electron chi connectivity index (χ3n) is 4.66. The Bertz CT molecular complexity index is 968. The van der Waals surface area contributed by atoms with Crippen molar-refractivity contribution in [1.29, 1.82) is 0 Å². The zero-order valence-corrected chi connectivity index (χ0v) is 17.3. The molecule has 0 bridgehead atoms. The molecule has 1 N–H and O–H groups in total. The number of esters is 1. The lowest BCUT2D eigenvalue weighted by molar-refractivity contribution is -0.118. The fraction of sp³-hybridized carbons (Fsp3) is 0.381. The van der Waals surface area contributed by atoms with Crippen LogP contribution in [0.3, 0.4) is 0 Å². The number of nitrogens with one attached hydrogen (secondary N) is 1. The van der Waals surface area contributed by atoms with E-state index in [1.807, 2.05) is 6.92 Å². The van der Waals surface area contributed by atoms with Crippen LogP contribution in [0.15, 0.2) is 18.2 Å². The van der Waals surface area contributed by atoms with Crippen molar-refractivity contribution in [2.24, 2.45) is 0 Å². The fourth-order valence-electron chi connectivity index (χ4n) is 3.32. The van der Waals surface area contributed by atoms with Gasteiger partial charge in [0, 0.05) is 16.9 Å². The van der Waals surface area contributed by atoms with Crippen LogP contribution in [0.1, 0.15) is 64.3 Å². The number of carbonyl (C=O) groups is 3. The van der Waals surface area contributed by atoms with Crippen LogP contribution < -0.4 is 10.1 Å². The molecule has 0 fully saturated rings. The number of hydrogen-bond acceptors (Lipinski definition) is 6. The summed E-state index contributed by atoms with van der Waals surface area (Å²) in [6.07, 6.45) is 0.933. The topological polar surface area (TPSA) is 81.7 Å². The van der Waals surface area contributed by atoms with Gasteiger partial charge in [-0.2, -0.15) is 0 Å². The van der Waals surface area contributed by atoms with Gasteiger partial charge < -0.3 is 14.8 Å². The highest BCUT2D eigenvalue weighted by atomic mass is 32.1. The van der Waals surface area contributed by atoms with Crippen molar-refractivity contribution in [3.63, 3.8) is 0 Å². The molecule has 154 valence electrons. The quantitative estimate of drug-likeness (QED) is 0.676. The van der Waals surface area contributed by atoms with Crippen LogP contribution >= 0.6 is 11.3 Å². The Hall–Kier alpha value is -2.74. The Balaban J connectivity index is 1.73. The van der Waals surface area contributed by atoms with Crippen LogP contribution in [0, 0.1) is 5.82 Å². The van der Waals surface area contributed by atoms with Gasteiger partial charge in [0.25, 0.3) is 5.91 Å². The summed E-state index contributed by atoms with van der Waals surface area (Å²) in [5.74, 6) is -1.66. The molecule has 8 heteroatoms. The minimum atomic E-state index is -0.504. The molecule has 1 heterocycles. The van der Waals surface area contributed by atoms with Gasteiger partial charge in [-0.3, -0.25) is 9.59 Å². The monoisotopic (exact) mass is 419 g/mol. The summed E-state index contributed by atoms with van der Waals surface area (Å²) in [6, 6.07) is 4.31. The van der Waals surface area contributed by atoms with Gasteiger partial charge in [0.1, 0.15) is 16.6 Å². The molecular formula is C21H22FNO5S. The van der Waals surface area contributed by atoms with Gasteiger partial charge in [0.2, 0.25) is 0 Å². The number of carbonyl (C=O) groups excluding carboxylic acids is 3. The van der Waals surface area contributed by atoms with Gasteiger partial charge in [-0.05, 0) is 37.5 Å². The second-order valence-corrected chi connectivity index (χ2v) is 7.87. The lowest BCUT2D eigenvalue weighted by atomic mass is 10.0. The molecule has 1 atom stereocenters. The second kappa shape index (κ2) is 8.73. The van der Waals surface area contributed by atoms with E-state index in [9.17, 15) is 18.8 Å². The number of ketones is 1. The van der Waals surface area contributed by atoms with Crippen molar-refractivity contribution in [1.82, 2.24) is 0 Å². The number of halogens is 1. The normalized spacial score (nSPS) is 15.2. The number of thiophene rings is 1. The molecule has 0 radical (unpaired) electrons. The van der Waals surface area contributed by atoms with Crippen molar-refractivity contribution in [3.8, 4) is 5.75 Å². The summed E-state index contributed by atoms with van der Waals surface area (Å²) in [6.45, 7) is 5.29. The molecule has 29 heavy (non-hydrogen) atoms. The Morgan fingerprint density at radius 1 is 1.31 bits per heavy atom. The van der Waals surface area contributed by atoms with Crippen molar-refractivity contribution in [2.75, 3.05) is 18.5 Å². The Morgan fingerprint density at radius 3 is 2.76 bits per heavy atom. The minimum absolute atomic E-state index is 0.192. The highest BCUT2D eigenvalue weighted by Crippen LogP contribution is 2.39. The van der Waals surface area contributed by atoms with Crippen molar-refractivity contribution < 1.29 is 28.2 Å². The summed E-state index contributed by atoms with van der Waals surface area (Å²) in [5.41, 5.74) is 0.846. The average molecular weight is 419 g/mol. The van der Waals surface area contributed by atoms with E-state index in [4.69, 9.17) is 9.47 Å². The molecule has 0 saturated heterocycles. The summed E-state index contributed by atoms with van der Waals surface area (Å²) in [4.78, 5) is 37.6. The maximum atomic E-state index is 14.1. The molecule has 0 spiro atoms. The number of Topliss-reactive ketones (excluding diaryl/α,β-unsaturated/α-hetero) is 1. The number of ether oxygens (including phenoxy) is 2. The van der Waals surface area contributed by atoms with Gasteiger partial charge >= 0.3 is 5.97 Å². The van der Waals surface area contributed by atoms with Gasteiger partial charge in [-0.25, -0.2) is 9.18 Å². The van der Waals surface area contributed by atoms with Crippen LogP contribution in [0.5, 0.6) is 5.75 Å². The van der Waals surface area contributed by atoms with Gasteiger partial charge in [0.05, 0.1) is 17.7 Å². The lowest BCUT2D eigenvalue weighted by Gasteiger charge is -2.12. The molecular weight excluding hydrogens is 397 g/mol. The second-order valence-electron chi connectivity index (χ2n) is 6.73. The van der Waals surface area contributed by atoms with E-state index in [1.54, 1.807) is 19.9 Å². The highest BCUT2D eigenvalue weighted by Gasteiger charge is 2.32. The predicted octanol–water partition coefficient (Wildman–Crippen LogP) is 4.33. The van der Waals surface area contributed by atoms with E-state index >= 15 is 0 Å². The average Bonchev–Trinajstić information content (AvgIpc) is 3.22. The third-order valence-corrected chi connectivity index (χ3v) is 5.85. The largest absolute Gasteiger partial charge is 0.483 e. The predicted molar refractivity (Wildman–Crippen MR) is 108 cm³/mol. The Labute approximate surface area is 172 Å². The van der Waals surface area contributed by atoms with Crippen LogP contribution in [0.2, 0.25) is 0 Å². The van der Waals surface area contributed by atoms with E-state index in [1.165, 1.54) is 23.5 Å². The number of aryl methyl sites for hydroxylation is 1. The van der Waals surface area contributed by atoms with Gasteiger partial charge in [0.15, 0.2) is 12.4 Å². The van der Waals surface area contributed by atoms with Gasteiger partial charge in [-0.1, -0.05) is 13.8 Å². The molecule has 1 aliphatic rings. The highest BCUT2D eigenvalue weighted by molar-refractivity contribution is 7.16. The van der Waals surface area contributed by atoms with E-state index in [0.29, 0.717) is 22.5 Å². The molecule has 0 aliphatic heterocycles. The maximum Gasteiger partial charge on any atom is 0.341 e. The Morgan fingerprint density at radius 2 is 2.07 bits per heavy atom. The third kappa shape index (κ3) is 4.32. The number of benzene rings is 1. The summed E-state index contributed by atoms with van der Waals surface area (Å²) in [7, 11) is 0. The molecule has 6 nitrogen and oxygen atoms in total. The Kier molecular flexibility index (Phi) is 6.32. The zero-order chi connectivity index (χ0) is 21.1. The zero-order valence-electron chi connectivity index (χ0n) is 16.5. The van der Waals surface area contributed by atoms with Crippen molar-refractivity contribution in [3.05, 3.63) is 45.6 Å².